The van der Waals surface area contributed by atoms with Crippen LogP contribution in [0.15, 0.2) is 36.4 Å². The van der Waals surface area contributed by atoms with Crippen LogP contribution < -0.4 is 0 Å². The number of aryl methyl sites for hydroxylation is 1. The zero-order valence-corrected chi connectivity index (χ0v) is 15.6. The van der Waals surface area contributed by atoms with Crippen LogP contribution in [0.25, 0.3) is 21.8 Å². The first-order valence-corrected chi connectivity index (χ1v) is 8.58. The minimum absolute atomic E-state index is 0.180. The van der Waals surface area contributed by atoms with Crippen LogP contribution in [0.4, 0.5) is 0 Å². The second kappa shape index (κ2) is 5.12. The summed E-state index contributed by atoms with van der Waals surface area (Å²) in [5, 5.41) is 2.76. The van der Waals surface area contributed by atoms with Crippen molar-refractivity contribution in [2.24, 2.45) is 12.5 Å². The third kappa shape index (κ3) is 3.02. The fourth-order valence-electron chi connectivity index (χ4n) is 3.45. The molecule has 1 heteroatoms. The molecule has 0 atom stereocenters. The topological polar surface area (TPSA) is 4.93 Å². The average molecular weight is 307 g/mol. The van der Waals surface area contributed by atoms with Crippen molar-refractivity contribution in [3.8, 4) is 0 Å². The van der Waals surface area contributed by atoms with Gasteiger partial charge in [-0.3, -0.25) is 0 Å². The molecule has 1 aromatic heterocycles. The fraction of sp³-hybridized carbons (Fsp3) is 0.455. The Kier molecular flexibility index (Phi) is 3.59. The first-order chi connectivity index (χ1) is 10.6. The summed E-state index contributed by atoms with van der Waals surface area (Å²) in [5.74, 6) is 0. The molecule has 3 aromatic rings. The summed E-state index contributed by atoms with van der Waals surface area (Å²) in [6.07, 6.45) is 1.11. The first kappa shape index (κ1) is 16.1. The van der Waals surface area contributed by atoms with E-state index in [0.29, 0.717) is 5.41 Å². The Labute approximate surface area is 140 Å². The number of hydrogen-bond donors (Lipinski definition) is 0. The van der Waals surface area contributed by atoms with Crippen molar-refractivity contribution in [2.75, 3.05) is 0 Å². The zero-order chi connectivity index (χ0) is 17.0. The lowest BCUT2D eigenvalue weighted by atomic mass is 9.86. The Morgan fingerprint density at radius 1 is 0.783 bits per heavy atom. The Bertz CT molecular complexity index is 867. The Hall–Kier alpha value is -1.76. The molecule has 0 amide bonds. The first-order valence-electron chi connectivity index (χ1n) is 8.58. The highest BCUT2D eigenvalue weighted by atomic mass is 14.9. The molecule has 0 spiro atoms. The molecule has 0 unspecified atom stereocenters. The van der Waals surface area contributed by atoms with Gasteiger partial charge in [-0.05, 0) is 52.6 Å². The SMILES string of the molecule is Cn1c2ccc(CC(C)(C)C)cc2c2cc(C(C)(C)C)ccc21. The molecular weight excluding hydrogens is 278 g/mol. The van der Waals surface area contributed by atoms with Crippen molar-refractivity contribution >= 4 is 21.8 Å². The van der Waals surface area contributed by atoms with Gasteiger partial charge in [0.1, 0.15) is 0 Å². The molecule has 0 saturated carbocycles. The van der Waals surface area contributed by atoms with Crippen LogP contribution in [-0.2, 0) is 18.9 Å². The van der Waals surface area contributed by atoms with Gasteiger partial charge in [0.25, 0.3) is 0 Å². The lowest BCUT2D eigenvalue weighted by molar-refractivity contribution is 0.411. The van der Waals surface area contributed by atoms with E-state index in [-0.39, 0.29) is 5.41 Å². The maximum absolute atomic E-state index is 2.40. The highest BCUT2D eigenvalue weighted by molar-refractivity contribution is 6.08. The van der Waals surface area contributed by atoms with Crippen molar-refractivity contribution in [1.82, 2.24) is 4.57 Å². The summed E-state index contributed by atoms with van der Waals surface area (Å²) in [6, 6.07) is 13.9. The maximum atomic E-state index is 2.40. The van der Waals surface area contributed by atoms with Gasteiger partial charge in [-0.2, -0.15) is 0 Å². The number of hydrogen-bond acceptors (Lipinski definition) is 0. The Balaban J connectivity index is 2.26. The normalized spacial score (nSPS) is 13.2. The van der Waals surface area contributed by atoms with Crippen LogP contribution in [0, 0.1) is 5.41 Å². The average Bonchev–Trinajstić information content (AvgIpc) is 2.69. The van der Waals surface area contributed by atoms with E-state index in [1.54, 1.807) is 0 Å². The maximum Gasteiger partial charge on any atom is 0.0488 e. The summed E-state index contributed by atoms with van der Waals surface area (Å²) in [5.41, 5.74) is 5.97. The number of rotatable bonds is 1. The van der Waals surface area contributed by atoms with Crippen molar-refractivity contribution in [1.29, 1.82) is 0 Å². The molecule has 1 nitrogen and oxygen atoms in total. The molecule has 1 heterocycles. The van der Waals surface area contributed by atoms with Crippen molar-refractivity contribution in [2.45, 2.75) is 53.4 Å². The van der Waals surface area contributed by atoms with E-state index in [4.69, 9.17) is 0 Å². The Morgan fingerprint density at radius 2 is 1.35 bits per heavy atom. The third-order valence-corrected chi connectivity index (χ3v) is 4.67. The van der Waals surface area contributed by atoms with Gasteiger partial charge in [0, 0.05) is 28.9 Å². The Morgan fingerprint density at radius 3 is 1.91 bits per heavy atom. The van der Waals surface area contributed by atoms with E-state index in [1.165, 1.54) is 32.9 Å². The van der Waals surface area contributed by atoms with Crippen LogP contribution in [0.3, 0.4) is 0 Å². The molecular formula is C22H29N. The summed E-state index contributed by atoms with van der Waals surface area (Å²) in [6.45, 7) is 13.8. The monoisotopic (exact) mass is 307 g/mol. The predicted molar refractivity (Wildman–Crippen MR) is 102 cm³/mol. The van der Waals surface area contributed by atoms with E-state index in [0.717, 1.165) is 6.42 Å². The molecule has 0 N–H and O–H groups in total. The molecule has 0 saturated heterocycles. The van der Waals surface area contributed by atoms with Gasteiger partial charge in [-0.25, -0.2) is 0 Å². The summed E-state index contributed by atoms with van der Waals surface area (Å²) < 4.78 is 2.32. The summed E-state index contributed by atoms with van der Waals surface area (Å²) >= 11 is 0. The van der Waals surface area contributed by atoms with Gasteiger partial charge in [0.15, 0.2) is 0 Å². The predicted octanol–water partition coefficient (Wildman–Crippen LogP) is 6.22. The molecule has 3 rings (SSSR count). The van der Waals surface area contributed by atoms with Crippen LogP contribution in [-0.4, -0.2) is 4.57 Å². The van der Waals surface area contributed by atoms with E-state index >= 15 is 0 Å². The number of aromatic nitrogens is 1. The van der Waals surface area contributed by atoms with Crippen molar-refractivity contribution in [3.63, 3.8) is 0 Å². The number of nitrogens with zero attached hydrogens (tertiary/aromatic N) is 1. The minimum atomic E-state index is 0.180. The van der Waals surface area contributed by atoms with Gasteiger partial charge in [-0.1, -0.05) is 53.7 Å². The van der Waals surface area contributed by atoms with Crippen molar-refractivity contribution < 1.29 is 0 Å². The molecule has 122 valence electrons. The van der Waals surface area contributed by atoms with Crippen LogP contribution in [0.2, 0.25) is 0 Å². The zero-order valence-electron chi connectivity index (χ0n) is 15.6. The van der Waals surface area contributed by atoms with Crippen molar-refractivity contribution in [3.05, 3.63) is 47.5 Å². The van der Waals surface area contributed by atoms with E-state index < -0.39 is 0 Å². The number of fused-ring (bicyclic) bond motifs is 3. The molecule has 0 fully saturated rings. The van der Waals surface area contributed by atoms with E-state index in [2.05, 4.69) is 89.6 Å². The second-order valence-corrected chi connectivity index (χ2v) is 9.13. The number of benzene rings is 2. The third-order valence-electron chi connectivity index (χ3n) is 4.67. The lowest BCUT2D eigenvalue weighted by Gasteiger charge is -2.19. The molecule has 0 aliphatic heterocycles. The van der Waals surface area contributed by atoms with E-state index in [9.17, 15) is 0 Å². The van der Waals surface area contributed by atoms with Gasteiger partial charge >= 0.3 is 0 Å². The lowest BCUT2D eigenvalue weighted by Crippen LogP contribution is -2.10. The van der Waals surface area contributed by atoms with E-state index in [1.807, 2.05) is 0 Å². The molecule has 0 bridgehead atoms. The quantitative estimate of drug-likeness (QED) is 0.503. The summed E-state index contributed by atoms with van der Waals surface area (Å²) in [4.78, 5) is 0. The van der Waals surface area contributed by atoms with Gasteiger partial charge < -0.3 is 4.57 Å². The largest absolute Gasteiger partial charge is 0.344 e. The highest BCUT2D eigenvalue weighted by Crippen LogP contribution is 2.34. The molecule has 2 aromatic carbocycles. The molecule has 0 aliphatic carbocycles. The molecule has 0 radical (unpaired) electrons. The minimum Gasteiger partial charge on any atom is -0.344 e. The molecule has 23 heavy (non-hydrogen) atoms. The standard InChI is InChI=1S/C22H29N/c1-21(2,3)14-15-8-10-19-17(12-15)18-13-16(22(4,5)6)9-11-20(18)23(19)7/h8-13H,14H2,1-7H3. The van der Waals surface area contributed by atoms with Crippen LogP contribution in [0.1, 0.15) is 52.7 Å². The fourth-order valence-corrected chi connectivity index (χ4v) is 3.45. The van der Waals surface area contributed by atoms with Gasteiger partial charge in [-0.15, -0.1) is 0 Å². The van der Waals surface area contributed by atoms with Gasteiger partial charge in [0.05, 0.1) is 0 Å². The second-order valence-electron chi connectivity index (χ2n) is 9.13. The highest BCUT2D eigenvalue weighted by Gasteiger charge is 2.17. The van der Waals surface area contributed by atoms with Crippen LogP contribution in [0.5, 0.6) is 0 Å². The van der Waals surface area contributed by atoms with Crippen LogP contribution >= 0.6 is 0 Å². The summed E-state index contributed by atoms with van der Waals surface area (Å²) in [7, 11) is 2.17. The smallest absolute Gasteiger partial charge is 0.0488 e. The molecule has 0 aliphatic rings. The van der Waals surface area contributed by atoms with Gasteiger partial charge in [0.2, 0.25) is 0 Å².